The van der Waals surface area contributed by atoms with Crippen LogP contribution in [0.2, 0.25) is 0 Å². The van der Waals surface area contributed by atoms with Crippen molar-refractivity contribution in [1.82, 2.24) is 29.7 Å². The van der Waals surface area contributed by atoms with E-state index in [0.29, 0.717) is 33.9 Å². The molecule has 0 aliphatic rings. The van der Waals surface area contributed by atoms with E-state index in [-0.39, 0.29) is 29.6 Å². The second-order valence-electron chi connectivity index (χ2n) is 11.8. The summed E-state index contributed by atoms with van der Waals surface area (Å²) in [5.41, 5.74) is 6.03. The van der Waals surface area contributed by atoms with Crippen LogP contribution in [0.25, 0.3) is 27.8 Å². The average molecular weight is 573 g/mol. The predicted molar refractivity (Wildman–Crippen MR) is 166 cm³/mol. The quantitative estimate of drug-likeness (QED) is 0.245. The molecule has 1 N–H and O–H groups in total. The topological polar surface area (TPSA) is 116 Å². The molecule has 0 aliphatic carbocycles. The van der Waals surface area contributed by atoms with Gasteiger partial charge in [-0.15, -0.1) is 0 Å². The Morgan fingerprint density at radius 2 is 1.70 bits per heavy atom. The van der Waals surface area contributed by atoms with Crippen molar-refractivity contribution in [1.29, 1.82) is 0 Å². The lowest BCUT2D eigenvalue weighted by Gasteiger charge is -2.14. The minimum Gasteiger partial charge on any atom is -0.454 e. The fourth-order valence-electron chi connectivity index (χ4n) is 4.99. The van der Waals surface area contributed by atoms with Gasteiger partial charge in [0.1, 0.15) is 22.7 Å². The number of aryl methyl sites for hydroxylation is 2. The zero-order valence-corrected chi connectivity index (χ0v) is 24.8. The molecule has 0 amide bonds. The average Bonchev–Trinajstić information content (AvgIpc) is 3.40. The van der Waals surface area contributed by atoms with Crippen LogP contribution in [0.5, 0.6) is 11.5 Å². The highest BCUT2D eigenvalue weighted by Gasteiger charge is 2.22. The van der Waals surface area contributed by atoms with Crippen molar-refractivity contribution in [3.05, 3.63) is 112 Å². The van der Waals surface area contributed by atoms with Gasteiger partial charge in [-0.3, -0.25) is 14.6 Å². The van der Waals surface area contributed by atoms with Gasteiger partial charge in [0, 0.05) is 42.1 Å². The van der Waals surface area contributed by atoms with Crippen molar-refractivity contribution in [2.45, 2.75) is 52.9 Å². The Hall–Kier alpha value is -5.18. The molecule has 6 aromatic rings. The number of aromatic amines is 1. The van der Waals surface area contributed by atoms with Crippen LogP contribution in [0.4, 0.5) is 0 Å². The molecular formula is C34H32N6O3. The number of carbonyl (C=O) groups is 1. The van der Waals surface area contributed by atoms with Gasteiger partial charge in [-0.1, -0.05) is 44.5 Å². The highest BCUT2D eigenvalue weighted by Crippen LogP contribution is 2.33. The Balaban J connectivity index is 1.31. The van der Waals surface area contributed by atoms with Gasteiger partial charge >= 0.3 is 0 Å². The Kier molecular flexibility index (Phi) is 7.09. The number of aromatic nitrogens is 6. The molecule has 216 valence electrons. The van der Waals surface area contributed by atoms with Crippen molar-refractivity contribution in [2.75, 3.05) is 0 Å². The van der Waals surface area contributed by atoms with E-state index in [4.69, 9.17) is 9.84 Å². The van der Waals surface area contributed by atoms with E-state index in [1.54, 1.807) is 25.4 Å². The van der Waals surface area contributed by atoms with E-state index in [9.17, 15) is 9.59 Å². The van der Waals surface area contributed by atoms with E-state index in [1.807, 2.05) is 66.2 Å². The van der Waals surface area contributed by atoms with Crippen LogP contribution in [-0.4, -0.2) is 35.5 Å². The summed E-state index contributed by atoms with van der Waals surface area (Å²) >= 11 is 0. The molecule has 2 aromatic carbocycles. The van der Waals surface area contributed by atoms with Gasteiger partial charge in [0.05, 0.1) is 22.6 Å². The van der Waals surface area contributed by atoms with Crippen LogP contribution < -0.4 is 10.3 Å². The van der Waals surface area contributed by atoms with Crippen LogP contribution in [0.15, 0.2) is 77.9 Å². The molecule has 0 bridgehead atoms. The van der Waals surface area contributed by atoms with Crippen molar-refractivity contribution in [2.24, 2.45) is 0 Å². The third-order valence-electron chi connectivity index (χ3n) is 7.36. The molecule has 9 heteroatoms. The number of nitrogens with one attached hydrogen (secondary N) is 1. The molecule has 4 heterocycles. The normalized spacial score (nSPS) is 11.7. The molecule has 43 heavy (non-hydrogen) atoms. The standard InChI is InChI=1S/C34H32N6O3/c1-20-8-11-23(12-9-20)40-24(19-29(39-40)34(3,4)5)18-25(41)17-22-10-13-27(26-7-6-15-35-30(22)26)43-28-14-16-36-32-31(28)37-21(2)33(42)38-32/h6-16,19H,17-18H2,1-5H3,(H,36,38,42). The van der Waals surface area contributed by atoms with E-state index in [1.165, 1.54) is 0 Å². The number of H-pyrrole nitrogens is 1. The maximum Gasteiger partial charge on any atom is 0.270 e. The molecule has 6 rings (SSSR count). The summed E-state index contributed by atoms with van der Waals surface area (Å²) in [6.45, 7) is 10.0. The summed E-state index contributed by atoms with van der Waals surface area (Å²) < 4.78 is 8.18. The first-order chi connectivity index (χ1) is 20.6. The number of hydrogen-bond donors (Lipinski definition) is 1. The minimum atomic E-state index is -0.294. The Labute approximate surface area is 248 Å². The van der Waals surface area contributed by atoms with Gasteiger partial charge in [0.25, 0.3) is 5.56 Å². The van der Waals surface area contributed by atoms with Crippen LogP contribution in [0, 0.1) is 13.8 Å². The number of benzene rings is 2. The molecule has 0 saturated carbocycles. The van der Waals surface area contributed by atoms with Gasteiger partial charge in [-0.2, -0.15) is 5.10 Å². The molecule has 0 atom stereocenters. The smallest absolute Gasteiger partial charge is 0.270 e. The SMILES string of the molecule is Cc1ccc(-n2nc(C(C)(C)C)cc2CC(=O)Cc2ccc(Oc3ccnc4[nH]c(=O)c(C)nc34)c3cccnc23)cc1. The summed E-state index contributed by atoms with van der Waals surface area (Å²) in [6, 6.07) is 19.4. The minimum absolute atomic E-state index is 0.0538. The summed E-state index contributed by atoms with van der Waals surface area (Å²) in [5, 5.41) is 5.64. The molecule has 0 aliphatic heterocycles. The predicted octanol–water partition coefficient (Wildman–Crippen LogP) is 6.11. The largest absolute Gasteiger partial charge is 0.454 e. The maximum absolute atomic E-state index is 13.6. The van der Waals surface area contributed by atoms with E-state index < -0.39 is 0 Å². The van der Waals surface area contributed by atoms with Crippen LogP contribution in [0.1, 0.15) is 49.0 Å². The zero-order chi connectivity index (χ0) is 30.3. The van der Waals surface area contributed by atoms with Crippen molar-refractivity contribution in [3.8, 4) is 17.2 Å². The molecule has 0 fully saturated rings. The highest BCUT2D eigenvalue weighted by atomic mass is 16.5. The third-order valence-corrected chi connectivity index (χ3v) is 7.36. The number of nitrogens with zero attached hydrogens (tertiary/aromatic N) is 5. The van der Waals surface area contributed by atoms with Gasteiger partial charge in [-0.05, 0) is 55.8 Å². The first kappa shape index (κ1) is 28.0. The van der Waals surface area contributed by atoms with E-state index in [0.717, 1.165) is 33.6 Å². The van der Waals surface area contributed by atoms with E-state index in [2.05, 4.69) is 40.7 Å². The van der Waals surface area contributed by atoms with Gasteiger partial charge in [-0.25, -0.2) is 14.6 Å². The molecule has 4 aromatic heterocycles. The molecule has 0 unspecified atom stereocenters. The molecule has 0 radical (unpaired) electrons. The summed E-state index contributed by atoms with van der Waals surface area (Å²) in [7, 11) is 0. The van der Waals surface area contributed by atoms with Gasteiger partial charge in [0.2, 0.25) is 0 Å². The highest BCUT2D eigenvalue weighted by molar-refractivity contribution is 5.93. The van der Waals surface area contributed by atoms with Crippen LogP contribution >= 0.6 is 0 Å². The zero-order valence-electron chi connectivity index (χ0n) is 24.8. The molecule has 0 saturated heterocycles. The Morgan fingerprint density at radius 1 is 0.907 bits per heavy atom. The Bertz CT molecular complexity index is 2050. The van der Waals surface area contributed by atoms with E-state index >= 15 is 0 Å². The number of ketones is 1. The summed E-state index contributed by atoms with van der Waals surface area (Å²) in [5.74, 6) is 1.07. The number of hydrogen-bond acceptors (Lipinski definition) is 7. The third kappa shape index (κ3) is 5.66. The number of Topliss-reactive ketones (excluding diaryl/α,β-unsaturated/α-hetero) is 1. The molecule has 0 spiro atoms. The Morgan fingerprint density at radius 3 is 2.47 bits per heavy atom. The second kappa shape index (κ2) is 10.9. The maximum atomic E-state index is 13.6. The molecular weight excluding hydrogens is 540 g/mol. The first-order valence-corrected chi connectivity index (χ1v) is 14.1. The number of carbonyl (C=O) groups excluding carboxylic acids is 1. The number of rotatable bonds is 7. The number of fused-ring (bicyclic) bond motifs is 2. The molecule has 9 nitrogen and oxygen atoms in total. The van der Waals surface area contributed by atoms with Crippen molar-refractivity contribution < 1.29 is 9.53 Å². The van der Waals surface area contributed by atoms with Gasteiger partial charge in [0.15, 0.2) is 11.4 Å². The monoisotopic (exact) mass is 572 g/mol. The number of ether oxygens (including phenoxy) is 1. The van der Waals surface area contributed by atoms with Gasteiger partial charge < -0.3 is 9.72 Å². The first-order valence-electron chi connectivity index (χ1n) is 14.1. The summed E-state index contributed by atoms with van der Waals surface area (Å²) in [4.78, 5) is 41.6. The van der Waals surface area contributed by atoms with Crippen molar-refractivity contribution in [3.63, 3.8) is 0 Å². The van der Waals surface area contributed by atoms with Crippen molar-refractivity contribution >= 4 is 27.9 Å². The lowest BCUT2D eigenvalue weighted by molar-refractivity contribution is -0.117. The number of pyridine rings is 2. The fraction of sp³-hybridized carbons (Fsp3) is 0.235. The summed E-state index contributed by atoms with van der Waals surface area (Å²) in [6.07, 6.45) is 3.71. The fourth-order valence-corrected chi connectivity index (χ4v) is 4.99. The lowest BCUT2D eigenvalue weighted by atomic mass is 9.92. The second-order valence-corrected chi connectivity index (χ2v) is 11.8. The van der Waals surface area contributed by atoms with Crippen LogP contribution in [0.3, 0.4) is 0 Å². The van der Waals surface area contributed by atoms with Crippen LogP contribution in [-0.2, 0) is 23.1 Å². The lowest BCUT2D eigenvalue weighted by Crippen LogP contribution is -2.13.